The number of hydrogen-bond acceptors (Lipinski definition) is 2. The minimum absolute atomic E-state index is 0.269. The Morgan fingerprint density at radius 3 is 2.70 bits per heavy atom. The van der Waals surface area contributed by atoms with Crippen LogP contribution >= 0.6 is 15.9 Å². The lowest BCUT2D eigenvalue weighted by Gasteiger charge is -2.15. The molecule has 20 heavy (non-hydrogen) atoms. The summed E-state index contributed by atoms with van der Waals surface area (Å²) in [5, 5.41) is 9.76. The Hall–Kier alpha value is -1.39. The third kappa shape index (κ3) is 3.58. The number of aliphatic hydroxyl groups excluding tert-OH is 1. The molecule has 0 aliphatic heterocycles. The molecule has 1 N–H and O–H groups in total. The molecule has 0 aromatic heterocycles. The van der Waals surface area contributed by atoms with Gasteiger partial charge in [0.05, 0.1) is 6.10 Å². The molecule has 2 aromatic carbocycles. The largest absolute Gasteiger partial charge is 0.489 e. The van der Waals surface area contributed by atoms with Gasteiger partial charge in [-0.15, -0.1) is 0 Å². The van der Waals surface area contributed by atoms with Crippen molar-refractivity contribution in [3.8, 4) is 5.75 Å². The molecule has 0 saturated carbocycles. The van der Waals surface area contributed by atoms with Crippen LogP contribution in [0.15, 0.2) is 40.9 Å². The van der Waals surface area contributed by atoms with Gasteiger partial charge in [-0.3, -0.25) is 0 Å². The van der Waals surface area contributed by atoms with Crippen LogP contribution in [-0.4, -0.2) is 5.11 Å². The van der Waals surface area contributed by atoms with Gasteiger partial charge in [0.1, 0.15) is 18.2 Å². The van der Waals surface area contributed by atoms with Crippen molar-refractivity contribution in [1.29, 1.82) is 0 Å². The van der Waals surface area contributed by atoms with E-state index in [1.165, 1.54) is 12.1 Å². The summed E-state index contributed by atoms with van der Waals surface area (Å²) in [6.07, 6.45) is -0.629. The van der Waals surface area contributed by atoms with Crippen LogP contribution < -0.4 is 4.74 Å². The third-order valence-corrected chi connectivity index (χ3v) is 3.61. The number of aryl methyl sites for hydroxylation is 1. The topological polar surface area (TPSA) is 29.5 Å². The van der Waals surface area contributed by atoms with Gasteiger partial charge in [-0.05, 0) is 55.3 Å². The Kier molecular flexibility index (Phi) is 4.78. The van der Waals surface area contributed by atoms with E-state index in [2.05, 4.69) is 15.9 Å². The average molecular weight is 339 g/mol. The maximum absolute atomic E-state index is 13.2. The van der Waals surface area contributed by atoms with Gasteiger partial charge in [0.2, 0.25) is 0 Å². The molecule has 4 heteroatoms. The zero-order valence-electron chi connectivity index (χ0n) is 11.4. The summed E-state index contributed by atoms with van der Waals surface area (Å²) in [4.78, 5) is 0. The minimum Gasteiger partial charge on any atom is -0.489 e. The monoisotopic (exact) mass is 338 g/mol. The van der Waals surface area contributed by atoms with Crippen molar-refractivity contribution >= 4 is 15.9 Å². The summed E-state index contributed by atoms with van der Waals surface area (Å²) in [5.41, 5.74) is 2.47. The number of aliphatic hydroxyl groups is 1. The van der Waals surface area contributed by atoms with Crippen molar-refractivity contribution in [2.45, 2.75) is 26.6 Å². The van der Waals surface area contributed by atoms with E-state index in [-0.39, 0.29) is 12.4 Å². The van der Waals surface area contributed by atoms with Crippen LogP contribution in [0.5, 0.6) is 5.75 Å². The fraction of sp³-hybridized carbons (Fsp3) is 0.250. The molecule has 0 aliphatic rings. The van der Waals surface area contributed by atoms with Crippen LogP contribution in [0.25, 0.3) is 0 Å². The van der Waals surface area contributed by atoms with Crippen molar-refractivity contribution in [3.63, 3.8) is 0 Å². The summed E-state index contributed by atoms with van der Waals surface area (Å²) in [6.45, 7) is 3.86. The summed E-state index contributed by atoms with van der Waals surface area (Å²) in [5.74, 6) is 0.326. The van der Waals surface area contributed by atoms with E-state index in [1.54, 1.807) is 19.1 Å². The Morgan fingerprint density at radius 1 is 1.25 bits per heavy atom. The normalized spacial score (nSPS) is 12.2. The van der Waals surface area contributed by atoms with E-state index in [1.807, 2.05) is 19.1 Å². The van der Waals surface area contributed by atoms with E-state index in [9.17, 15) is 9.50 Å². The van der Waals surface area contributed by atoms with Gasteiger partial charge in [0.15, 0.2) is 0 Å². The molecule has 0 saturated heterocycles. The molecule has 0 bridgehead atoms. The van der Waals surface area contributed by atoms with Gasteiger partial charge in [0, 0.05) is 10.0 Å². The maximum atomic E-state index is 13.2. The molecule has 0 amide bonds. The smallest absolute Gasteiger partial charge is 0.125 e. The lowest BCUT2D eigenvalue weighted by atomic mass is 10.1. The van der Waals surface area contributed by atoms with Crippen molar-refractivity contribution in [1.82, 2.24) is 0 Å². The Morgan fingerprint density at radius 2 is 2.00 bits per heavy atom. The molecule has 2 rings (SSSR count). The van der Waals surface area contributed by atoms with E-state index in [0.29, 0.717) is 11.3 Å². The molecular weight excluding hydrogens is 323 g/mol. The van der Waals surface area contributed by atoms with E-state index in [0.717, 1.165) is 15.6 Å². The number of hydrogen-bond donors (Lipinski definition) is 1. The minimum atomic E-state index is -0.629. The number of halogens is 2. The van der Waals surface area contributed by atoms with Gasteiger partial charge in [-0.1, -0.05) is 22.0 Å². The second-order valence-corrected chi connectivity index (χ2v) is 5.63. The molecule has 0 radical (unpaired) electrons. The highest BCUT2D eigenvalue weighted by Crippen LogP contribution is 2.29. The quantitative estimate of drug-likeness (QED) is 0.887. The van der Waals surface area contributed by atoms with Gasteiger partial charge in [-0.2, -0.15) is 0 Å². The molecule has 2 nitrogen and oxygen atoms in total. The van der Waals surface area contributed by atoms with E-state index < -0.39 is 6.10 Å². The van der Waals surface area contributed by atoms with Crippen LogP contribution in [0.1, 0.15) is 29.7 Å². The lowest BCUT2D eigenvalue weighted by molar-refractivity contribution is 0.190. The van der Waals surface area contributed by atoms with Gasteiger partial charge < -0.3 is 9.84 Å². The first-order chi connectivity index (χ1) is 9.47. The first kappa shape index (κ1) is 15.0. The number of ether oxygens (including phenoxy) is 1. The van der Waals surface area contributed by atoms with Gasteiger partial charge in [-0.25, -0.2) is 4.39 Å². The Labute approximate surface area is 126 Å². The number of rotatable bonds is 4. The van der Waals surface area contributed by atoms with E-state index >= 15 is 0 Å². The van der Waals surface area contributed by atoms with Crippen LogP contribution in [0.4, 0.5) is 4.39 Å². The SMILES string of the molecule is Cc1ccc(F)cc1COc1ccc(Br)cc1[C@H](C)O. The van der Waals surface area contributed by atoms with Crippen molar-refractivity contribution < 1.29 is 14.2 Å². The fourth-order valence-corrected chi connectivity index (χ4v) is 2.31. The van der Waals surface area contributed by atoms with Crippen LogP contribution in [0.2, 0.25) is 0 Å². The second-order valence-electron chi connectivity index (χ2n) is 4.72. The molecule has 2 aromatic rings. The highest BCUT2D eigenvalue weighted by molar-refractivity contribution is 9.10. The molecule has 0 spiro atoms. The molecule has 1 atom stereocenters. The van der Waals surface area contributed by atoms with Crippen molar-refractivity contribution in [2.24, 2.45) is 0 Å². The first-order valence-corrected chi connectivity index (χ1v) is 7.12. The summed E-state index contributed by atoms with van der Waals surface area (Å²) in [6, 6.07) is 10.1. The number of benzene rings is 2. The highest BCUT2D eigenvalue weighted by atomic mass is 79.9. The summed E-state index contributed by atoms with van der Waals surface area (Å²) < 4.78 is 19.8. The zero-order chi connectivity index (χ0) is 14.7. The van der Waals surface area contributed by atoms with Crippen molar-refractivity contribution in [2.75, 3.05) is 0 Å². The van der Waals surface area contributed by atoms with Crippen molar-refractivity contribution in [3.05, 3.63) is 63.4 Å². The lowest BCUT2D eigenvalue weighted by Crippen LogP contribution is -2.02. The molecule has 0 aliphatic carbocycles. The fourth-order valence-electron chi connectivity index (χ4n) is 1.93. The highest BCUT2D eigenvalue weighted by Gasteiger charge is 2.11. The van der Waals surface area contributed by atoms with Crippen LogP contribution in [0.3, 0.4) is 0 Å². The Balaban J connectivity index is 2.20. The van der Waals surface area contributed by atoms with Gasteiger partial charge in [0.25, 0.3) is 0 Å². The summed E-state index contributed by atoms with van der Waals surface area (Å²) in [7, 11) is 0. The third-order valence-electron chi connectivity index (χ3n) is 3.12. The average Bonchev–Trinajstić information content (AvgIpc) is 2.40. The van der Waals surface area contributed by atoms with E-state index in [4.69, 9.17) is 4.74 Å². The standard InChI is InChI=1S/C16H16BrFO2/c1-10-3-5-14(18)7-12(10)9-20-16-6-4-13(17)8-15(16)11(2)19/h3-8,11,19H,9H2,1-2H3/t11-/m0/s1. The molecular formula is C16H16BrFO2. The second kappa shape index (κ2) is 6.37. The van der Waals surface area contributed by atoms with Crippen LogP contribution in [-0.2, 0) is 6.61 Å². The molecule has 106 valence electrons. The first-order valence-electron chi connectivity index (χ1n) is 6.32. The Bertz CT molecular complexity index is 611. The maximum Gasteiger partial charge on any atom is 0.125 e. The molecule has 0 heterocycles. The van der Waals surface area contributed by atoms with Crippen LogP contribution in [0, 0.1) is 12.7 Å². The molecule has 0 unspecified atom stereocenters. The predicted molar refractivity (Wildman–Crippen MR) is 80.2 cm³/mol. The van der Waals surface area contributed by atoms with Gasteiger partial charge >= 0.3 is 0 Å². The predicted octanol–water partition coefficient (Wildman–Crippen LogP) is 4.53. The molecule has 0 fully saturated rings. The summed E-state index contributed by atoms with van der Waals surface area (Å²) >= 11 is 3.37. The zero-order valence-corrected chi connectivity index (χ0v) is 12.9.